The van der Waals surface area contributed by atoms with E-state index in [9.17, 15) is 9.59 Å². The second-order valence-electron chi connectivity index (χ2n) is 7.60. The van der Waals surface area contributed by atoms with Crippen molar-refractivity contribution in [3.8, 4) is 0 Å². The summed E-state index contributed by atoms with van der Waals surface area (Å²) in [5, 5.41) is 3.00. The van der Waals surface area contributed by atoms with Gasteiger partial charge in [0.25, 0.3) is 0 Å². The number of likely N-dealkylation sites (tertiary alicyclic amines) is 2. The van der Waals surface area contributed by atoms with Gasteiger partial charge in [-0.3, -0.25) is 14.5 Å². The van der Waals surface area contributed by atoms with E-state index in [1.54, 1.807) is 0 Å². The molecule has 1 N–H and O–H groups in total. The number of nitrogens with zero attached hydrogens (tertiary/aromatic N) is 2. The van der Waals surface area contributed by atoms with Crippen molar-refractivity contribution in [2.75, 3.05) is 39.3 Å². The molecule has 0 saturated carbocycles. The first-order valence-corrected chi connectivity index (χ1v) is 10.0. The van der Waals surface area contributed by atoms with Gasteiger partial charge in [-0.1, -0.05) is 30.3 Å². The van der Waals surface area contributed by atoms with Crippen molar-refractivity contribution in [1.29, 1.82) is 0 Å². The van der Waals surface area contributed by atoms with E-state index in [2.05, 4.69) is 40.5 Å². The Balaban J connectivity index is 1.26. The van der Waals surface area contributed by atoms with Crippen LogP contribution in [0.4, 0.5) is 0 Å². The van der Waals surface area contributed by atoms with Gasteiger partial charge in [0.15, 0.2) is 0 Å². The Morgan fingerprint density at radius 1 is 1.12 bits per heavy atom. The lowest BCUT2D eigenvalue weighted by atomic mass is 9.90. The number of nitrogens with one attached hydrogen (secondary N) is 1. The highest BCUT2D eigenvalue weighted by Crippen LogP contribution is 2.21. The Hall–Kier alpha value is -1.88. The van der Waals surface area contributed by atoms with Crippen LogP contribution in [0, 0.1) is 5.92 Å². The zero-order valence-electron chi connectivity index (χ0n) is 15.7. The van der Waals surface area contributed by atoms with E-state index >= 15 is 0 Å². The fourth-order valence-electron chi connectivity index (χ4n) is 3.99. The minimum Gasteiger partial charge on any atom is -0.355 e. The standard InChI is InChI=1S/C21H31N3O2/c25-20(22-11-5-13-24-12-4-8-21(24)26)17-23-14-9-19(10-15-23)16-18-6-2-1-3-7-18/h1-3,6-7,19H,4-5,8-17H2,(H,22,25). The van der Waals surface area contributed by atoms with Gasteiger partial charge in [-0.2, -0.15) is 0 Å². The van der Waals surface area contributed by atoms with Crippen molar-refractivity contribution in [2.45, 2.75) is 38.5 Å². The van der Waals surface area contributed by atoms with Crippen LogP contribution in [0.2, 0.25) is 0 Å². The molecule has 0 unspecified atom stereocenters. The predicted molar refractivity (Wildman–Crippen MR) is 103 cm³/mol. The Kier molecular flexibility index (Phi) is 7.06. The van der Waals surface area contributed by atoms with Crippen LogP contribution in [-0.2, 0) is 16.0 Å². The summed E-state index contributed by atoms with van der Waals surface area (Å²) in [7, 11) is 0. The van der Waals surface area contributed by atoms with Crippen molar-refractivity contribution in [2.24, 2.45) is 5.92 Å². The van der Waals surface area contributed by atoms with Crippen molar-refractivity contribution in [3.63, 3.8) is 0 Å². The fourth-order valence-corrected chi connectivity index (χ4v) is 3.99. The van der Waals surface area contributed by atoms with Crippen molar-refractivity contribution in [3.05, 3.63) is 35.9 Å². The quantitative estimate of drug-likeness (QED) is 0.725. The topological polar surface area (TPSA) is 52.7 Å². The third-order valence-corrected chi connectivity index (χ3v) is 5.54. The van der Waals surface area contributed by atoms with Gasteiger partial charge in [0, 0.05) is 26.1 Å². The van der Waals surface area contributed by atoms with Gasteiger partial charge in [-0.25, -0.2) is 0 Å². The zero-order valence-corrected chi connectivity index (χ0v) is 15.7. The first-order valence-electron chi connectivity index (χ1n) is 10.0. The monoisotopic (exact) mass is 357 g/mol. The first kappa shape index (κ1) is 18.9. The Morgan fingerprint density at radius 3 is 2.58 bits per heavy atom. The van der Waals surface area contributed by atoms with Crippen LogP contribution in [0.15, 0.2) is 30.3 Å². The molecule has 1 aromatic carbocycles. The molecular weight excluding hydrogens is 326 g/mol. The smallest absolute Gasteiger partial charge is 0.234 e. The van der Waals surface area contributed by atoms with Crippen LogP contribution in [-0.4, -0.2) is 60.9 Å². The third-order valence-electron chi connectivity index (χ3n) is 5.54. The van der Waals surface area contributed by atoms with E-state index in [-0.39, 0.29) is 11.8 Å². The maximum Gasteiger partial charge on any atom is 0.234 e. The molecule has 1 aromatic rings. The van der Waals surface area contributed by atoms with Crippen LogP contribution in [0.1, 0.15) is 37.7 Å². The van der Waals surface area contributed by atoms with Crippen LogP contribution in [0.5, 0.6) is 0 Å². The van der Waals surface area contributed by atoms with Gasteiger partial charge in [0.1, 0.15) is 0 Å². The van der Waals surface area contributed by atoms with Gasteiger partial charge in [-0.15, -0.1) is 0 Å². The lowest BCUT2D eigenvalue weighted by Crippen LogP contribution is -2.42. The molecule has 2 aliphatic rings. The van der Waals surface area contributed by atoms with Gasteiger partial charge in [-0.05, 0) is 56.7 Å². The fraction of sp³-hybridized carbons (Fsp3) is 0.619. The van der Waals surface area contributed by atoms with E-state index in [0.29, 0.717) is 19.5 Å². The van der Waals surface area contributed by atoms with Crippen LogP contribution in [0.3, 0.4) is 0 Å². The minimum absolute atomic E-state index is 0.110. The van der Waals surface area contributed by atoms with Gasteiger partial charge in [0.2, 0.25) is 11.8 Å². The number of amides is 2. The summed E-state index contributed by atoms with van der Waals surface area (Å²) in [4.78, 5) is 27.8. The first-order chi connectivity index (χ1) is 12.7. The summed E-state index contributed by atoms with van der Waals surface area (Å²) in [6, 6.07) is 10.7. The van der Waals surface area contributed by atoms with E-state index in [0.717, 1.165) is 51.4 Å². The lowest BCUT2D eigenvalue weighted by Gasteiger charge is -2.31. The number of carbonyl (C=O) groups excluding carboxylic acids is 2. The SMILES string of the molecule is O=C(CN1CCC(Cc2ccccc2)CC1)NCCCN1CCCC1=O. The van der Waals surface area contributed by atoms with E-state index < -0.39 is 0 Å². The van der Waals surface area contributed by atoms with E-state index in [1.807, 2.05) is 4.90 Å². The number of hydrogen-bond acceptors (Lipinski definition) is 3. The number of benzene rings is 1. The largest absolute Gasteiger partial charge is 0.355 e. The van der Waals surface area contributed by atoms with Crippen molar-refractivity contribution in [1.82, 2.24) is 15.1 Å². The molecular formula is C21H31N3O2. The molecule has 2 saturated heterocycles. The molecule has 0 radical (unpaired) electrons. The van der Waals surface area contributed by atoms with Crippen molar-refractivity contribution >= 4 is 11.8 Å². The molecule has 0 bridgehead atoms. The Morgan fingerprint density at radius 2 is 1.88 bits per heavy atom. The lowest BCUT2D eigenvalue weighted by molar-refractivity contribution is -0.127. The van der Waals surface area contributed by atoms with Crippen molar-refractivity contribution < 1.29 is 9.59 Å². The Labute approximate surface area is 156 Å². The molecule has 0 aliphatic carbocycles. The normalized spacial score (nSPS) is 19.1. The second kappa shape index (κ2) is 9.72. The molecule has 5 nitrogen and oxygen atoms in total. The minimum atomic E-state index is 0.110. The molecule has 0 atom stereocenters. The third kappa shape index (κ3) is 5.84. The van der Waals surface area contributed by atoms with Crippen LogP contribution in [0.25, 0.3) is 0 Å². The van der Waals surface area contributed by atoms with E-state index in [4.69, 9.17) is 0 Å². The maximum absolute atomic E-state index is 12.1. The van der Waals surface area contributed by atoms with Crippen LogP contribution >= 0.6 is 0 Å². The number of hydrogen-bond donors (Lipinski definition) is 1. The summed E-state index contributed by atoms with van der Waals surface area (Å²) >= 11 is 0. The van der Waals surface area contributed by atoms with Gasteiger partial charge in [0.05, 0.1) is 6.54 Å². The zero-order chi connectivity index (χ0) is 18.2. The average molecular weight is 357 g/mol. The summed E-state index contributed by atoms with van der Waals surface area (Å²) in [6.07, 6.45) is 5.99. The highest BCUT2D eigenvalue weighted by molar-refractivity contribution is 5.78. The molecule has 2 fully saturated rings. The molecule has 3 rings (SSSR count). The molecule has 2 heterocycles. The highest BCUT2D eigenvalue weighted by atomic mass is 16.2. The Bertz CT molecular complexity index is 582. The van der Waals surface area contributed by atoms with Crippen LogP contribution < -0.4 is 5.32 Å². The summed E-state index contributed by atoms with van der Waals surface area (Å²) in [6.45, 7) is 4.82. The van der Waals surface area contributed by atoms with E-state index in [1.165, 1.54) is 18.4 Å². The summed E-state index contributed by atoms with van der Waals surface area (Å²) < 4.78 is 0. The molecule has 0 spiro atoms. The number of carbonyl (C=O) groups is 2. The molecule has 2 amide bonds. The second-order valence-corrected chi connectivity index (χ2v) is 7.60. The summed E-state index contributed by atoms with van der Waals surface area (Å²) in [5.74, 6) is 1.10. The summed E-state index contributed by atoms with van der Waals surface area (Å²) in [5.41, 5.74) is 1.42. The highest BCUT2D eigenvalue weighted by Gasteiger charge is 2.21. The molecule has 142 valence electrons. The van der Waals surface area contributed by atoms with Gasteiger partial charge < -0.3 is 10.2 Å². The number of rotatable bonds is 8. The molecule has 26 heavy (non-hydrogen) atoms. The molecule has 5 heteroatoms. The molecule has 2 aliphatic heterocycles. The maximum atomic E-state index is 12.1. The van der Waals surface area contributed by atoms with Gasteiger partial charge >= 0.3 is 0 Å². The average Bonchev–Trinajstić information content (AvgIpc) is 3.06. The molecule has 0 aromatic heterocycles. The number of piperidine rings is 1. The predicted octanol–water partition coefficient (Wildman–Crippen LogP) is 2.07.